The summed E-state index contributed by atoms with van der Waals surface area (Å²) in [4.78, 5) is 14.6. The molecule has 4 aromatic rings. The smallest absolute Gasteiger partial charge is 0.344 e. The average molecular weight is 389 g/mol. The Kier molecular flexibility index (Phi) is 4.32. The zero-order chi connectivity index (χ0) is 20.0. The lowest BCUT2D eigenvalue weighted by molar-refractivity contribution is 0.0959. The van der Waals surface area contributed by atoms with E-state index in [9.17, 15) is 9.18 Å². The van der Waals surface area contributed by atoms with Crippen LogP contribution in [0.3, 0.4) is 0 Å². The summed E-state index contributed by atoms with van der Waals surface area (Å²) >= 11 is 0. The van der Waals surface area contributed by atoms with Crippen LogP contribution in [0.1, 0.15) is 16.7 Å². The van der Waals surface area contributed by atoms with Gasteiger partial charge in [-0.25, -0.2) is 9.18 Å². The Hall–Kier alpha value is -3.18. The van der Waals surface area contributed by atoms with Crippen molar-refractivity contribution in [3.8, 4) is 5.75 Å². The maximum Gasteiger partial charge on any atom is 0.344 e. The van der Waals surface area contributed by atoms with Crippen LogP contribution in [0, 0.1) is 12.7 Å². The van der Waals surface area contributed by atoms with Gasteiger partial charge in [-0.2, -0.15) is 0 Å². The molecule has 3 aromatic carbocycles. The van der Waals surface area contributed by atoms with Gasteiger partial charge >= 0.3 is 5.63 Å². The van der Waals surface area contributed by atoms with E-state index >= 15 is 0 Å². The first kappa shape index (κ1) is 17.9. The van der Waals surface area contributed by atoms with Crippen molar-refractivity contribution in [2.45, 2.75) is 19.9 Å². The minimum atomic E-state index is -0.330. The van der Waals surface area contributed by atoms with Crippen molar-refractivity contribution in [1.82, 2.24) is 4.90 Å². The van der Waals surface area contributed by atoms with Gasteiger partial charge < -0.3 is 9.15 Å². The number of ether oxygens (including phenoxy) is 1. The molecule has 1 aliphatic heterocycles. The molecule has 29 heavy (non-hydrogen) atoms. The van der Waals surface area contributed by atoms with Gasteiger partial charge in [0.05, 0.1) is 5.39 Å². The summed E-state index contributed by atoms with van der Waals surface area (Å²) in [6.45, 7) is 3.88. The molecule has 5 heteroatoms. The Morgan fingerprint density at radius 1 is 1.03 bits per heavy atom. The Bertz CT molecular complexity index is 1290. The Balaban J connectivity index is 1.50. The summed E-state index contributed by atoms with van der Waals surface area (Å²) in [5.74, 6) is 0.580. The normalized spacial score (nSPS) is 14.1. The van der Waals surface area contributed by atoms with Crippen LogP contribution in [0.2, 0.25) is 0 Å². The molecule has 146 valence electrons. The number of halogens is 1. The summed E-state index contributed by atoms with van der Waals surface area (Å²) in [5, 5.41) is 2.40. The van der Waals surface area contributed by atoms with Gasteiger partial charge in [0.2, 0.25) is 0 Å². The molecule has 0 bridgehead atoms. The second kappa shape index (κ2) is 7.01. The van der Waals surface area contributed by atoms with Crippen LogP contribution in [0.5, 0.6) is 5.75 Å². The standard InChI is InChI=1S/C24H20FNO3/c1-15-22-17(12-21-19-7-2-3-8-20(19)24(27)29-23(15)21)13-26(14-28-22)10-9-16-5-4-6-18(25)11-16/h2-8,11-12H,9-10,13-14H2,1H3. The summed E-state index contributed by atoms with van der Waals surface area (Å²) in [7, 11) is 0. The first-order valence-corrected chi connectivity index (χ1v) is 9.68. The van der Waals surface area contributed by atoms with Gasteiger partial charge in [0.25, 0.3) is 0 Å². The van der Waals surface area contributed by atoms with Gasteiger partial charge in [-0.05, 0) is 48.6 Å². The van der Waals surface area contributed by atoms with Gasteiger partial charge in [-0.15, -0.1) is 0 Å². The second-order valence-electron chi connectivity index (χ2n) is 7.51. The van der Waals surface area contributed by atoms with Gasteiger partial charge in [0.1, 0.15) is 23.9 Å². The SMILES string of the molecule is Cc1c2c(cc3c1oc(=O)c1ccccc13)CN(CCc1cccc(F)c1)CO2. The lowest BCUT2D eigenvalue weighted by Gasteiger charge is -2.30. The zero-order valence-electron chi connectivity index (χ0n) is 16.1. The third kappa shape index (κ3) is 3.17. The van der Waals surface area contributed by atoms with Gasteiger partial charge in [0.15, 0.2) is 0 Å². The van der Waals surface area contributed by atoms with Crippen LogP contribution in [-0.4, -0.2) is 18.2 Å². The van der Waals surface area contributed by atoms with E-state index in [0.717, 1.165) is 52.7 Å². The fourth-order valence-electron chi connectivity index (χ4n) is 4.11. The van der Waals surface area contributed by atoms with Gasteiger partial charge in [0, 0.05) is 29.6 Å². The summed E-state index contributed by atoms with van der Waals surface area (Å²) in [6.07, 6.45) is 0.751. The third-order valence-electron chi connectivity index (χ3n) is 5.56. The lowest BCUT2D eigenvalue weighted by Crippen LogP contribution is -2.34. The second-order valence-corrected chi connectivity index (χ2v) is 7.51. The molecule has 0 saturated heterocycles. The number of fused-ring (bicyclic) bond motifs is 4. The number of nitrogens with zero attached hydrogens (tertiary/aromatic N) is 1. The van der Waals surface area contributed by atoms with E-state index in [1.165, 1.54) is 6.07 Å². The molecule has 1 aromatic heterocycles. The van der Waals surface area contributed by atoms with E-state index in [-0.39, 0.29) is 11.4 Å². The third-order valence-corrected chi connectivity index (χ3v) is 5.56. The van der Waals surface area contributed by atoms with Crippen molar-refractivity contribution in [1.29, 1.82) is 0 Å². The number of benzene rings is 3. The highest BCUT2D eigenvalue weighted by Crippen LogP contribution is 2.36. The van der Waals surface area contributed by atoms with E-state index in [0.29, 0.717) is 17.7 Å². The predicted octanol–water partition coefficient (Wildman–Crippen LogP) is 4.79. The first-order valence-electron chi connectivity index (χ1n) is 9.68. The largest absolute Gasteiger partial charge is 0.477 e. The van der Waals surface area contributed by atoms with Crippen molar-refractivity contribution in [3.05, 3.63) is 87.5 Å². The van der Waals surface area contributed by atoms with Crippen LogP contribution in [0.15, 0.2) is 63.8 Å². The van der Waals surface area contributed by atoms with E-state index < -0.39 is 0 Å². The molecule has 0 saturated carbocycles. The van der Waals surface area contributed by atoms with E-state index in [4.69, 9.17) is 9.15 Å². The number of hydrogen-bond acceptors (Lipinski definition) is 4. The highest BCUT2D eigenvalue weighted by Gasteiger charge is 2.23. The maximum absolute atomic E-state index is 13.4. The predicted molar refractivity (Wildman–Crippen MR) is 111 cm³/mol. The molecule has 5 rings (SSSR count). The number of rotatable bonds is 3. The first-order chi connectivity index (χ1) is 14.1. The molecule has 4 nitrogen and oxygen atoms in total. The van der Waals surface area contributed by atoms with Crippen molar-refractivity contribution in [2.24, 2.45) is 0 Å². The molecule has 1 aliphatic rings. The molecule has 0 aliphatic carbocycles. The summed E-state index contributed by atoms with van der Waals surface area (Å²) < 4.78 is 25.1. The number of aryl methyl sites for hydroxylation is 1. The van der Waals surface area contributed by atoms with E-state index in [1.54, 1.807) is 18.2 Å². The number of hydrogen-bond donors (Lipinski definition) is 0. The molecule has 0 N–H and O–H groups in total. The topological polar surface area (TPSA) is 42.7 Å². The molecular formula is C24H20FNO3. The van der Waals surface area contributed by atoms with Crippen LogP contribution in [0.25, 0.3) is 21.7 Å². The van der Waals surface area contributed by atoms with Crippen LogP contribution in [0.4, 0.5) is 4.39 Å². The molecule has 0 fully saturated rings. The summed E-state index contributed by atoms with van der Waals surface area (Å²) in [6, 6.07) is 16.3. The van der Waals surface area contributed by atoms with Crippen LogP contribution in [-0.2, 0) is 13.0 Å². The monoisotopic (exact) mass is 389 g/mol. The minimum absolute atomic E-state index is 0.210. The highest BCUT2D eigenvalue weighted by molar-refractivity contribution is 6.06. The lowest BCUT2D eigenvalue weighted by atomic mass is 10.00. The van der Waals surface area contributed by atoms with Crippen LogP contribution >= 0.6 is 0 Å². The van der Waals surface area contributed by atoms with Gasteiger partial charge in [-0.3, -0.25) is 4.90 Å². The Morgan fingerprint density at radius 2 is 1.86 bits per heavy atom. The Morgan fingerprint density at radius 3 is 2.69 bits per heavy atom. The van der Waals surface area contributed by atoms with Crippen LogP contribution < -0.4 is 10.4 Å². The molecule has 0 radical (unpaired) electrons. The summed E-state index contributed by atoms with van der Waals surface area (Å²) in [5.41, 5.74) is 3.15. The van der Waals surface area contributed by atoms with Crippen molar-refractivity contribution in [2.75, 3.05) is 13.3 Å². The fraction of sp³-hybridized carbons (Fsp3) is 0.208. The molecular weight excluding hydrogens is 369 g/mol. The van der Waals surface area contributed by atoms with E-state index in [1.807, 2.05) is 31.2 Å². The van der Waals surface area contributed by atoms with Gasteiger partial charge in [-0.1, -0.05) is 30.3 Å². The van der Waals surface area contributed by atoms with E-state index in [2.05, 4.69) is 11.0 Å². The van der Waals surface area contributed by atoms with Crippen molar-refractivity contribution in [3.63, 3.8) is 0 Å². The highest BCUT2D eigenvalue weighted by atomic mass is 19.1. The average Bonchev–Trinajstić information content (AvgIpc) is 2.73. The molecule has 0 atom stereocenters. The molecule has 0 spiro atoms. The quantitative estimate of drug-likeness (QED) is 0.373. The fourth-order valence-corrected chi connectivity index (χ4v) is 4.11. The maximum atomic E-state index is 13.4. The minimum Gasteiger partial charge on any atom is -0.477 e. The molecule has 0 unspecified atom stereocenters. The molecule has 0 amide bonds. The zero-order valence-corrected chi connectivity index (χ0v) is 16.1. The Labute approximate surface area is 167 Å². The van der Waals surface area contributed by atoms with Crippen molar-refractivity contribution >= 4 is 21.7 Å². The molecule has 2 heterocycles. The van der Waals surface area contributed by atoms with Crippen molar-refractivity contribution < 1.29 is 13.5 Å².